The highest BCUT2D eigenvalue weighted by Crippen LogP contribution is 2.16. The van der Waals surface area contributed by atoms with Crippen molar-refractivity contribution in [2.24, 2.45) is 0 Å². The van der Waals surface area contributed by atoms with Crippen molar-refractivity contribution in [1.29, 1.82) is 0 Å². The standard InChI is InChI=1S/C21H21ClN4O2/c1-14-12-19(20(27)25-17-5-3-4-16(22)13-17)26-21(24-14)23-11-10-15-6-8-18(28-2)9-7-15/h3-9,12-13H,10-11H2,1-2H3,(H,25,27)(H,23,24,26). The molecule has 3 aromatic rings. The number of ether oxygens (including phenoxy) is 1. The Morgan fingerprint density at radius 3 is 2.61 bits per heavy atom. The monoisotopic (exact) mass is 396 g/mol. The zero-order chi connectivity index (χ0) is 19.9. The van der Waals surface area contributed by atoms with E-state index < -0.39 is 0 Å². The van der Waals surface area contributed by atoms with Gasteiger partial charge in [0.05, 0.1) is 7.11 Å². The number of halogens is 1. The Bertz CT molecular complexity index is 961. The highest BCUT2D eigenvalue weighted by Gasteiger charge is 2.11. The third-order valence-corrected chi connectivity index (χ3v) is 4.26. The summed E-state index contributed by atoms with van der Waals surface area (Å²) in [6, 6.07) is 16.5. The second-order valence-corrected chi connectivity index (χ2v) is 6.64. The van der Waals surface area contributed by atoms with Crippen molar-refractivity contribution < 1.29 is 9.53 Å². The van der Waals surface area contributed by atoms with Gasteiger partial charge in [0.25, 0.3) is 5.91 Å². The zero-order valence-electron chi connectivity index (χ0n) is 15.7. The molecule has 0 saturated heterocycles. The Labute approximate surface area is 168 Å². The predicted molar refractivity (Wildman–Crippen MR) is 111 cm³/mol. The van der Waals surface area contributed by atoms with E-state index in [0.717, 1.165) is 12.2 Å². The number of aryl methyl sites for hydroxylation is 1. The zero-order valence-corrected chi connectivity index (χ0v) is 16.5. The van der Waals surface area contributed by atoms with Crippen LogP contribution in [0.15, 0.2) is 54.6 Å². The van der Waals surface area contributed by atoms with Gasteiger partial charge in [0.15, 0.2) is 0 Å². The fourth-order valence-corrected chi connectivity index (χ4v) is 2.83. The first-order chi connectivity index (χ1) is 13.5. The van der Waals surface area contributed by atoms with Crippen LogP contribution in [0.5, 0.6) is 5.75 Å². The number of nitrogens with one attached hydrogen (secondary N) is 2. The topological polar surface area (TPSA) is 76.1 Å². The summed E-state index contributed by atoms with van der Waals surface area (Å²) in [6.45, 7) is 2.47. The molecule has 2 aromatic carbocycles. The van der Waals surface area contributed by atoms with Gasteiger partial charge in [-0.1, -0.05) is 29.8 Å². The van der Waals surface area contributed by atoms with Gasteiger partial charge in [-0.05, 0) is 55.3 Å². The highest BCUT2D eigenvalue weighted by molar-refractivity contribution is 6.30. The van der Waals surface area contributed by atoms with Gasteiger partial charge in [0.2, 0.25) is 5.95 Å². The van der Waals surface area contributed by atoms with Gasteiger partial charge < -0.3 is 15.4 Å². The molecule has 3 rings (SSSR count). The van der Waals surface area contributed by atoms with Gasteiger partial charge in [0, 0.05) is 22.9 Å². The van der Waals surface area contributed by atoms with Crippen LogP contribution in [-0.2, 0) is 6.42 Å². The van der Waals surface area contributed by atoms with Crippen molar-refractivity contribution in [2.75, 3.05) is 24.3 Å². The van der Waals surface area contributed by atoms with Gasteiger partial charge >= 0.3 is 0 Å². The van der Waals surface area contributed by atoms with E-state index in [9.17, 15) is 4.79 Å². The van der Waals surface area contributed by atoms with Crippen LogP contribution < -0.4 is 15.4 Å². The summed E-state index contributed by atoms with van der Waals surface area (Å²) in [5.74, 6) is 0.935. The second-order valence-electron chi connectivity index (χ2n) is 6.21. The van der Waals surface area contributed by atoms with Crippen molar-refractivity contribution in [3.63, 3.8) is 0 Å². The molecular formula is C21H21ClN4O2. The van der Waals surface area contributed by atoms with E-state index in [-0.39, 0.29) is 5.91 Å². The van der Waals surface area contributed by atoms with E-state index >= 15 is 0 Å². The summed E-state index contributed by atoms with van der Waals surface area (Å²) < 4.78 is 5.16. The lowest BCUT2D eigenvalue weighted by Crippen LogP contribution is -2.16. The summed E-state index contributed by atoms with van der Waals surface area (Å²) in [5, 5.41) is 6.52. The lowest BCUT2D eigenvalue weighted by atomic mass is 10.1. The van der Waals surface area contributed by atoms with Crippen LogP contribution in [0.3, 0.4) is 0 Å². The molecule has 0 spiro atoms. The molecule has 1 amide bonds. The Morgan fingerprint density at radius 1 is 1.11 bits per heavy atom. The van der Waals surface area contributed by atoms with Crippen molar-refractivity contribution in [2.45, 2.75) is 13.3 Å². The maximum atomic E-state index is 12.5. The molecule has 7 heteroatoms. The number of hydrogen-bond donors (Lipinski definition) is 2. The van der Waals surface area contributed by atoms with Crippen LogP contribution in [0, 0.1) is 6.92 Å². The minimum absolute atomic E-state index is 0.291. The molecule has 0 aliphatic rings. The normalized spacial score (nSPS) is 10.4. The number of amides is 1. The molecule has 1 heterocycles. The molecule has 2 N–H and O–H groups in total. The molecule has 1 aromatic heterocycles. The SMILES string of the molecule is COc1ccc(CCNc2nc(C)cc(C(=O)Nc3cccc(Cl)c3)n2)cc1. The van der Waals surface area contributed by atoms with Gasteiger partial charge in [0.1, 0.15) is 11.4 Å². The van der Waals surface area contributed by atoms with Crippen molar-refractivity contribution in [1.82, 2.24) is 9.97 Å². The van der Waals surface area contributed by atoms with E-state index in [4.69, 9.17) is 16.3 Å². The first-order valence-electron chi connectivity index (χ1n) is 8.83. The number of methoxy groups -OCH3 is 1. The van der Waals surface area contributed by atoms with Crippen LogP contribution in [-0.4, -0.2) is 29.5 Å². The second kappa shape index (κ2) is 9.19. The molecule has 0 unspecified atom stereocenters. The van der Waals surface area contributed by atoms with Gasteiger partial charge in [-0.15, -0.1) is 0 Å². The molecule has 6 nitrogen and oxygen atoms in total. The third-order valence-electron chi connectivity index (χ3n) is 4.03. The van der Waals surface area contributed by atoms with E-state index in [1.807, 2.05) is 31.2 Å². The Morgan fingerprint density at radius 2 is 1.89 bits per heavy atom. The van der Waals surface area contributed by atoms with Crippen LogP contribution in [0.25, 0.3) is 0 Å². The van der Waals surface area contributed by atoms with Gasteiger partial charge in [-0.25, -0.2) is 9.97 Å². The average Bonchev–Trinajstić information content (AvgIpc) is 2.68. The van der Waals surface area contributed by atoms with E-state index in [1.165, 1.54) is 5.56 Å². The molecule has 0 atom stereocenters. The predicted octanol–water partition coefficient (Wildman–Crippen LogP) is 4.35. The lowest BCUT2D eigenvalue weighted by Gasteiger charge is -2.09. The fourth-order valence-electron chi connectivity index (χ4n) is 2.64. The maximum absolute atomic E-state index is 12.5. The minimum atomic E-state index is -0.314. The molecule has 0 saturated carbocycles. The third kappa shape index (κ3) is 5.44. The Hall–Kier alpha value is -3.12. The van der Waals surface area contributed by atoms with Crippen molar-refractivity contribution in [3.8, 4) is 5.75 Å². The number of rotatable bonds is 7. The highest BCUT2D eigenvalue weighted by atomic mass is 35.5. The number of carbonyl (C=O) groups excluding carboxylic acids is 1. The van der Waals surface area contributed by atoms with Crippen molar-refractivity contribution in [3.05, 3.63) is 76.6 Å². The number of carbonyl (C=O) groups is 1. The van der Waals surface area contributed by atoms with E-state index in [2.05, 4.69) is 20.6 Å². The van der Waals surface area contributed by atoms with Crippen LogP contribution in [0.2, 0.25) is 5.02 Å². The number of aromatic nitrogens is 2. The summed E-state index contributed by atoms with van der Waals surface area (Å²) in [7, 11) is 1.64. The van der Waals surface area contributed by atoms with Crippen molar-refractivity contribution >= 4 is 29.1 Å². The van der Waals surface area contributed by atoms with E-state index in [1.54, 1.807) is 37.4 Å². The first-order valence-corrected chi connectivity index (χ1v) is 9.21. The quantitative estimate of drug-likeness (QED) is 0.620. The molecule has 28 heavy (non-hydrogen) atoms. The van der Waals surface area contributed by atoms with Gasteiger partial charge in [-0.2, -0.15) is 0 Å². The van der Waals surface area contributed by atoms with Gasteiger partial charge in [-0.3, -0.25) is 4.79 Å². The maximum Gasteiger partial charge on any atom is 0.274 e. The Balaban J connectivity index is 1.62. The number of anilines is 2. The summed E-state index contributed by atoms with van der Waals surface area (Å²) >= 11 is 5.96. The summed E-state index contributed by atoms with van der Waals surface area (Å²) in [5.41, 5.74) is 2.78. The molecule has 0 fully saturated rings. The molecule has 0 radical (unpaired) electrons. The smallest absolute Gasteiger partial charge is 0.274 e. The summed E-state index contributed by atoms with van der Waals surface area (Å²) in [6.07, 6.45) is 0.797. The number of nitrogens with zero attached hydrogens (tertiary/aromatic N) is 2. The molecule has 0 aliphatic heterocycles. The molecule has 0 bridgehead atoms. The minimum Gasteiger partial charge on any atom is -0.497 e. The Kier molecular flexibility index (Phi) is 6.45. The van der Waals surface area contributed by atoms with Crippen LogP contribution in [0.4, 0.5) is 11.6 Å². The molecular weight excluding hydrogens is 376 g/mol. The largest absolute Gasteiger partial charge is 0.497 e. The lowest BCUT2D eigenvalue weighted by molar-refractivity contribution is 0.102. The first kappa shape index (κ1) is 19.6. The average molecular weight is 397 g/mol. The molecule has 144 valence electrons. The van der Waals surface area contributed by atoms with Crippen LogP contribution >= 0.6 is 11.6 Å². The number of hydrogen-bond acceptors (Lipinski definition) is 5. The fraction of sp³-hybridized carbons (Fsp3) is 0.190. The van der Waals surface area contributed by atoms with Crippen LogP contribution in [0.1, 0.15) is 21.7 Å². The molecule has 0 aliphatic carbocycles. The summed E-state index contributed by atoms with van der Waals surface area (Å²) in [4.78, 5) is 21.2. The van der Waals surface area contributed by atoms with E-state index in [0.29, 0.717) is 34.6 Å². The number of benzene rings is 2.